The molecule has 110 valence electrons. The van der Waals surface area contributed by atoms with Gasteiger partial charge in [0, 0.05) is 6.07 Å². The molecule has 1 aromatic heterocycles. The predicted molar refractivity (Wildman–Crippen MR) is 80.9 cm³/mol. The Hall–Kier alpha value is -2.56. The molecule has 0 saturated heterocycles. The normalized spacial score (nSPS) is 10.2. The molecule has 0 saturated carbocycles. The Bertz CT molecular complexity index is 656. The number of carbonyl (C=O) groups is 1. The van der Waals surface area contributed by atoms with Gasteiger partial charge in [-0.25, -0.2) is 4.79 Å². The van der Waals surface area contributed by atoms with Gasteiger partial charge in [-0.05, 0) is 36.6 Å². The van der Waals surface area contributed by atoms with Crippen molar-refractivity contribution in [1.29, 1.82) is 0 Å². The first kappa shape index (κ1) is 14.8. The zero-order valence-corrected chi connectivity index (χ0v) is 12.3. The van der Waals surface area contributed by atoms with Crippen LogP contribution in [0.25, 0.3) is 0 Å². The van der Waals surface area contributed by atoms with Crippen molar-refractivity contribution in [3.63, 3.8) is 0 Å². The molecule has 21 heavy (non-hydrogen) atoms. The van der Waals surface area contributed by atoms with E-state index in [0.29, 0.717) is 11.7 Å². The monoisotopic (exact) mass is 286 g/mol. The largest absolute Gasteiger partial charge is 0.481 e. The number of hydrogen-bond donors (Lipinski definition) is 1. The van der Waals surface area contributed by atoms with E-state index in [4.69, 9.17) is 4.74 Å². The summed E-state index contributed by atoms with van der Waals surface area (Å²) in [5.41, 5.74) is 3.24. The zero-order valence-electron chi connectivity index (χ0n) is 12.3. The van der Waals surface area contributed by atoms with Gasteiger partial charge in [0.2, 0.25) is 5.88 Å². The fourth-order valence-electron chi connectivity index (χ4n) is 2.00. The molecule has 0 unspecified atom stereocenters. The van der Waals surface area contributed by atoms with Crippen molar-refractivity contribution in [3.8, 4) is 5.88 Å². The highest BCUT2D eigenvalue weighted by Crippen LogP contribution is 2.19. The molecule has 0 radical (unpaired) electrons. The van der Waals surface area contributed by atoms with E-state index >= 15 is 0 Å². The lowest BCUT2D eigenvalue weighted by Crippen LogP contribution is -2.29. The van der Waals surface area contributed by atoms with Crippen molar-refractivity contribution < 1.29 is 14.6 Å². The number of amides is 1. The molecule has 1 amide bonds. The fraction of sp³-hybridized carbons (Fsp3) is 0.250. The maximum Gasteiger partial charge on any atom is 0.413 e. The fourth-order valence-corrected chi connectivity index (χ4v) is 2.00. The van der Waals surface area contributed by atoms with Gasteiger partial charge in [-0.3, -0.25) is 4.90 Å². The second-order valence-corrected chi connectivity index (χ2v) is 4.83. The molecule has 0 spiro atoms. The Balaban J connectivity index is 2.30. The summed E-state index contributed by atoms with van der Waals surface area (Å²) in [6, 6.07) is 11.0. The summed E-state index contributed by atoms with van der Waals surface area (Å²) < 4.78 is 5.04. The van der Waals surface area contributed by atoms with Gasteiger partial charge in [-0.2, -0.15) is 4.98 Å². The van der Waals surface area contributed by atoms with E-state index in [-0.39, 0.29) is 6.54 Å². The summed E-state index contributed by atoms with van der Waals surface area (Å²) >= 11 is 0. The van der Waals surface area contributed by atoms with Crippen molar-refractivity contribution in [1.82, 2.24) is 4.98 Å². The summed E-state index contributed by atoms with van der Waals surface area (Å²) in [6.07, 6.45) is -1.05. The van der Waals surface area contributed by atoms with Crippen LogP contribution in [0, 0.1) is 13.8 Å². The SMILES string of the molecule is COc1cccc(N(Cc2ccc(C)c(C)c2)C(=O)O)n1. The molecule has 5 nitrogen and oxygen atoms in total. The van der Waals surface area contributed by atoms with Gasteiger partial charge < -0.3 is 9.84 Å². The van der Waals surface area contributed by atoms with Crippen LogP contribution in [0.1, 0.15) is 16.7 Å². The Morgan fingerprint density at radius 1 is 1.24 bits per heavy atom. The van der Waals surface area contributed by atoms with E-state index in [2.05, 4.69) is 4.98 Å². The topological polar surface area (TPSA) is 62.7 Å². The smallest absolute Gasteiger partial charge is 0.413 e. The van der Waals surface area contributed by atoms with Crippen molar-refractivity contribution in [3.05, 3.63) is 53.1 Å². The Morgan fingerprint density at radius 3 is 2.62 bits per heavy atom. The Kier molecular flexibility index (Phi) is 4.42. The standard InChI is InChI=1S/C16H18N2O3/c1-11-7-8-13(9-12(11)2)10-18(16(19)20)14-5-4-6-15(17-14)21-3/h4-9H,10H2,1-3H3,(H,19,20). The number of methoxy groups -OCH3 is 1. The quantitative estimate of drug-likeness (QED) is 0.935. The minimum absolute atomic E-state index is 0.247. The third-order valence-corrected chi connectivity index (χ3v) is 3.34. The van der Waals surface area contributed by atoms with Gasteiger partial charge in [-0.15, -0.1) is 0 Å². The van der Waals surface area contributed by atoms with Crippen molar-refractivity contribution in [2.75, 3.05) is 12.0 Å². The molecule has 1 N–H and O–H groups in total. The minimum Gasteiger partial charge on any atom is -0.481 e. The molecule has 0 aliphatic carbocycles. The number of anilines is 1. The number of pyridine rings is 1. The first-order valence-corrected chi connectivity index (χ1v) is 6.59. The lowest BCUT2D eigenvalue weighted by molar-refractivity contribution is 0.201. The number of ether oxygens (including phenoxy) is 1. The van der Waals surface area contributed by atoms with E-state index in [0.717, 1.165) is 11.1 Å². The van der Waals surface area contributed by atoms with Gasteiger partial charge in [0.1, 0.15) is 5.82 Å². The molecule has 2 aromatic rings. The molecular weight excluding hydrogens is 268 g/mol. The first-order valence-electron chi connectivity index (χ1n) is 6.59. The van der Waals surface area contributed by atoms with Crippen molar-refractivity contribution >= 4 is 11.9 Å². The third-order valence-electron chi connectivity index (χ3n) is 3.34. The molecule has 5 heteroatoms. The van der Waals surface area contributed by atoms with Crippen LogP contribution in [0.3, 0.4) is 0 Å². The van der Waals surface area contributed by atoms with Crippen LogP contribution in [-0.2, 0) is 6.54 Å². The van der Waals surface area contributed by atoms with Crippen LogP contribution < -0.4 is 9.64 Å². The van der Waals surface area contributed by atoms with Gasteiger partial charge in [0.15, 0.2) is 0 Å². The van der Waals surface area contributed by atoms with E-state index < -0.39 is 6.09 Å². The third kappa shape index (κ3) is 3.51. The van der Waals surface area contributed by atoms with Gasteiger partial charge in [0.05, 0.1) is 13.7 Å². The lowest BCUT2D eigenvalue weighted by Gasteiger charge is -2.19. The van der Waals surface area contributed by atoms with Gasteiger partial charge in [-0.1, -0.05) is 24.3 Å². The number of rotatable bonds is 4. The number of benzene rings is 1. The second kappa shape index (κ2) is 6.26. The Labute approximate surface area is 123 Å². The van der Waals surface area contributed by atoms with Crippen LogP contribution >= 0.6 is 0 Å². The van der Waals surface area contributed by atoms with E-state index in [1.165, 1.54) is 17.6 Å². The highest BCUT2D eigenvalue weighted by Gasteiger charge is 2.17. The minimum atomic E-state index is -1.05. The predicted octanol–water partition coefficient (Wildman–Crippen LogP) is 3.39. The van der Waals surface area contributed by atoms with Crippen LogP contribution in [-0.4, -0.2) is 23.3 Å². The number of aryl methyl sites for hydroxylation is 2. The average molecular weight is 286 g/mol. The molecule has 1 aromatic carbocycles. The van der Waals surface area contributed by atoms with Crippen LogP contribution in [0.15, 0.2) is 36.4 Å². The molecule has 0 aliphatic rings. The molecular formula is C16H18N2O3. The maximum absolute atomic E-state index is 11.5. The number of aromatic nitrogens is 1. The lowest BCUT2D eigenvalue weighted by atomic mass is 10.1. The summed E-state index contributed by atoms with van der Waals surface area (Å²) in [7, 11) is 1.50. The molecule has 0 fully saturated rings. The molecule has 1 heterocycles. The number of carboxylic acid groups (broad SMARTS) is 1. The van der Waals surface area contributed by atoms with Crippen molar-refractivity contribution in [2.45, 2.75) is 20.4 Å². The zero-order chi connectivity index (χ0) is 15.4. The first-order chi connectivity index (χ1) is 10.0. The number of nitrogens with zero attached hydrogens (tertiary/aromatic N) is 2. The highest BCUT2D eigenvalue weighted by atomic mass is 16.5. The van der Waals surface area contributed by atoms with Crippen LogP contribution in [0.2, 0.25) is 0 Å². The molecule has 2 rings (SSSR count). The molecule has 0 bridgehead atoms. The van der Waals surface area contributed by atoms with Gasteiger partial charge >= 0.3 is 6.09 Å². The highest BCUT2D eigenvalue weighted by molar-refractivity contribution is 5.84. The summed E-state index contributed by atoms with van der Waals surface area (Å²) in [5, 5.41) is 9.42. The Morgan fingerprint density at radius 2 is 2.00 bits per heavy atom. The van der Waals surface area contributed by atoms with E-state index in [1.54, 1.807) is 18.2 Å². The number of hydrogen-bond acceptors (Lipinski definition) is 3. The average Bonchev–Trinajstić information content (AvgIpc) is 2.48. The van der Waals surface area contributed by atoms with E-state index in [9.17, 15) is 9.90 Å². The van der Waals surface area contributed by atoms with Crippen LogP contribution in [0.5, 0.6) is 5.88 Å². The summed E-state index contributed by atoms with van der Waals surface area (Å²) in [6.45, 7) is 4.28. The van der Waals surface area contributed by atoms with Crippen LogP contribution in [0.4, 0.5) is 10.6 Å². The maximum atomic E-state index is 11.5. The van der Waals surface area contributed by atoms with E-state index in [1.807, 2.05) is 32.0 Å². The summed E-state index contributed by atoms with van der Waals surface area (Å²) in [4.78, 5) is 16.9. The second-order valence-electron chi connectivity index (χ2n) is 4.83. The van der Waals surface area contributed by atoms with Gasteiger partial charge in [0.25, 0.3) is 0 Å². The molecule has 0 atom stereocenters. The van der Waals surface area contributed by atoms with Crippen molar-refractivity contribution in [2.24, 2.45) is 0 Å². The molecule has 0 aliphatic heterocycles. The summed E-state index contributed by atoms with van der Waals surface area (Å²) in [5.74, 6) is 0.735.